The Kier molecular flexibility index (Phi) is 4.87. The van der Waals surface area contributed by atoms with Crippen LogP contribution in [0.2, 0.25) is 0 Å². The summed E-state index contributed by atoms with van der Waals surface area (Å²) in [4.78, 5) is 8.90. The second kappa shape index (κ2) is 7.05. The third kappa shape index (κ3) is 3.35. The van der Waals surface area contributed by atoms with Crippen molar-refractivity contribution in [1.82, 2.24) is 9.97 Å². The van der Waals surface area contributed by atoms with E-state index in [2.05, 4.69) is 53.5 Å². The van der Waals surface area contributed by atoms with Crippen LogP contribution in [0, 0.1) is 0 Å². The summed E-state index contributed by atoms with van der Waals surface area (Å²) in [5, 5.41) is 1.17. The fourth-order valence-electron chi connectivity index (χ4n) is 2.59. The van der Waals surface area contributed by atoms with Crippen LogP contribution in [-0.4, -0.2) is 39.5 Å². The van der Waals surface area contributed by atoms with Crippen molar-refractivity contribution in [1.29, 1.82) is 0 Å². The van der Waals surface area contributed by atoms with E-state index in [9.17, 15) is 0 Å². The Morgan fingerprint density at radius 2 is 1.39 bits per heavy atom. The Hall–Kier alpha value is -2.00. The summed E-state index contributed by atoms with van der Waals surface area (Å²) in [6, 6.07) is 24.8. The van der Waals surface area contributed by atoms with E-state index < -0.39 is 0 Å². The van der Waals surface area contributed by atoms with Gasteiger partial charge in [0.2, 0.25) is 0 Å². The van der Waals surface area contributed by atoms with E-state index in [-0.39, 0.29) is 29.6 Å². The van der Waals surface area contributed by atoms with Crippen LogP contribution in [0.3, 0.4) is 0 Å². The zero-order valence-corrected chi connectivity index (χ0v) is 12.0. The van der Waals surface area contributed by atoms with Gasteiger partial charge in [0, 0.05) is 23.3 Å². The summed E-state index contributed by atoms with van der Waals surface area (Å²) in [6.07, 6.45) is 3.67. The number of nitrogens with zero attached hydrogens (tertiary/aromatic N) is 2. The molecule has 0 N–H and O–H groups in total. The Morgan fingerprint density at radius 3 is 2.17 bits per heavy atom. The first-order chi connectivity index (χ1) is 10.9. The molecule has 3 heteroatoms. The van der Waals surface area contributed by atoms with Crippen molar-refractivity contribution in [3.63, 3.8) is 0 Å². The number of pyridine rings is 2. The summed E-state index contributed by atoms with van der Waals surface area (Å²) in [7, 11) is 0. The van der Waals surface area contributed by atoms with Crippen LogP contribution in [0.1, 0.15) is 0 Å². The number of aromatic nitrogens is 2. The van der Waals surface area contributed by atoms with E-state index in [1.807, 2.05) is 30.5 Å². The SMILES string of the molecule is [NaH].c1cncc(-c2ccc(-c3ccc4ccccc4n3)cc2)c1. The summed E-state index contributed by atoms with van der Waals surface area (Å²) in [6.45, 7) is 0. The molecule has 0 aliphatic rings. The quantitative estimate of drug-likeness (QED) is 0.516. The Balaban J connectivity index is 0.00000156. The normalized spacial score (nSPS) is 10.3. The zero-order valence-electron chi connectivity index (χ0n) is 12.0. The van der Waals surface area contributed by atoms with Gasteiger partial charge in [0.1, 0.15) is 0 Å². The molecule has 2 aromatic carbocycles. The van der Waals surface area contributed by atoms with Crippen molar-refractivity contribution in [2.45, 2.75) is 0 Å². The van der Waals surface area contributed by atoms with Crippen LogP contribution in [0.5, 0.6) is 0 Å². The van der Waals surface area contributed by atoms with Crippen molar-refractivity contribution in [2.75, 3.05) is 0 Å². The monoisotopic (exact) mass is 306 g/mol. The van der Waals surface area contributed by atoms with Gasteiger partial charge in [0.25, 0.3) is 0 Å². The first kappa shape index (κ1) is 15.9. The molecule has 23 heavy (non-hydrogen) atoms. The van der Waals surface area contributed by atoms with E-state index >= 15 is 0 Å². The molecule has 2 heterocycles. The summed E-state index contributed by atoms with van der Waals surface area (Å²) in [5.74, 6) is 0. The topological polar surface area (TPSA) is 25.8 Å². The Labute approximate surface area is 157 Å². The minimum atomic E-state index is 0. The smallest absolute Gasteiger partial charge is 0.0709 e. The maximum absolute atomic E-state index is 4.74. The molecule has 0 spiro atoms. The van der Waals surface area contributed by atoms with Crippen LogP contribution in [0.15, 0.2) is 85.2 Å². The van der Waals surface area contributed by atoms with Crippen molar-refractivity contribution < 1.29 is 0 Å². The first-order valence-corrected chi connectivity index (χ1v) is 7.27. The van der Waals surface area contributed by atoms with E-state index in [1.54, 1.807) is 6.20 Å². The molecular weight excluding hydrogens is 291 g/mol. The van der Waals surface area contributed by atoms with E-state index in [0.717, 1.165) is 27.9 Å². The molecule has 0 atom stereocenters. The predicted octanol–water partition coefficient (Wildman–Crippen LogP) is 4.32. The maximum Gasteiger partial charge on any atom is 0.0709 e. The second-order valence-electron chi connectivity index (χ2n) is 5.21. The number of rotatable bonds is 2. The first-order valence-electron chi connectivity index (χ1n) is 7.27. The van der Waals surface area contributed by atoms with Crippen molar-refractivity contribution >= 4 is 40.5 Å². The molecule has 2 nitrogen and oxygen atoms in total. The van der Waals surface area contributed by atoms with Crippen molar-refractivity contribution in [2.24, 2.45) is 0 Å². The average molecular weight is 306 g/mol. The fourth-order valence-corrected chi connectivity index (χ4v) is 2.59. The predicted molar refractivity (Wildman–Crippen MR) is 97.6 cm³/mol. The minimum Gasteiger partial charge on any atom is -0.264 e. The molecule has 0 radical (unpaired) electrons. The molecule has 0 saturated carbocycles. The molecule has 0 aliphatic carbocycles. The minimum absolute atomic E-state index is 0. The number of hydrogen-bond acceptors (Lipinski definition) is 2. The number of hydrogen-bond donors (Lipinski definition) is 0. The number of para-hydroxylation sites is 1. The summed E-state index contributed by atoms with van der Waals surface area (Å²) < 4.78 is 0. The molecule has 4 aromatic rings. The van der Waals surface area contributed by atoms with Gasteiger partial charge in [-0.1, -0.05) is 54.6 Å². The van der Waals surface area contributed by atoms with Gasteiger partial charge in [-0.15, -0.1) is 0 Å². The van der Waals surface area contributed by atoms with E-state index in [0.29, 0.717) is 0 Å². The zero-order chi connectivity index (χ0) is 14.8. The van der Waals surface area contributed by atoms with Crippen LogP contribution in [0.4, 0.5) is 0 Å². The van der Waals surface area contributed by atoms with Crippen LogP contribution >= 0.6 is 0 Å². The fraction of sp³-hybridized carbons (Fsp3) is 0. The van der Waals surface area contributed by atoms with Crippen molar-refractivity contribution in [3.05, 3.63) is 85.2 Å². The van der Waals surface area contributed by atoms with Gasteiger partial charge in [0.05, 0.1) is 11.2 Å². The van der Waals surface area contributed by atoms with Gasteiger partial charge in [-0.25, -0.2) is 4.98 Å². The van der Waals surface area contributed by atoms with Crippen LogP contribution in [0.25, 0.3) is 33.3 Å². The third-order valence-corrected chi connectivity index (χ3v) is 3.77. The molecule has 0 saturated heterocycles. The van der Waals surface area contributed by atoms with Gasteiger partial charge in [0.15, 0.2) is 0 Å². The molecule has 4 rings (SSSR count). The largest absolute Gasteiger partial charge is 0.264 e. The van der Waals surface area contributed by atoms with E-state index in [4.69, 9.17) is 4.98 Å². The molecule has 0 bridgehead atoms. The van der Waals surface area contributed by atoms with Gasteiger partial charge in [-0.3, -0.25) is 4.98 Å². The van der Waals surface area contributed by atoms with Gasteiger partial charge in [-0.2, -0.15) is 0 Å². The van der Waals surface area contributed by atoms with Gasteiger partial charge < -0.3 is 0 Å². The van der Waals surface area contributed by atoms with Crippen LogP contribution in [-0.2, 0) is 0 Å². The molecule has 2 aromatic heterocycles. The maximum atomic E-state index is 4.74. The molecule has 0 amide bonds. The van der Waals surface area contributed by atoms with Gasteiger partial charge in [-0.05, 0) is 29.3 Å². The van der Waals surface area contributed by atoms with Crippen molar-refractivity contribution in [3.8, 4) is 22.4 Å². The number of fused-ring (bicyclic) bond motifs is 1. The molecule has 106 valence electrons. The Morgan fingerprint density at radius 1 is 0.609 bits per heavy atom. The third-order valence-electron chi connectivity index (χ3n) is 3.77. The second-order valence-corrected chi connectivity index (χ2v) is 5.21. The molecule has 0 unspecified atom stereocenters. The van der Waals surface area contributed by atoms with Crippen LogP contribution < -0.4 is 0 Å². The Bertz CT molecular complexity index is 919. The molecular formula is C20H15N2Na. The van der Waals surface area contributed by atoms with Gasteiger partial charge >= 0.3 is 29.6 Å². The number of benzene rings is 2. The van der Waals surface area contributed by atoms with E-state index in [1.165, 1.54) is 5.39 Å². The molecule has 0 fully saturated rings. The molecule has 0 aliphatic heterocycles. The summed E-state index contributed by atoms with van der Waals surface area (Å²) >= 11 is 0. The standard InChI is InChI=1S/C20H14N2.Na.H/c1-2-6-19-16(4-1)11-12-20(22-19)17-9-7-15(8-10-17)18-5-3-13-21-14-18;;/h1-14H;;. The average Bonchev–Trinajstić information content (AvgIpc) is 2.62. The summed E-state index contributed by atoms with van der Waals surface area (Å²) in [5.41, 5.74) is 5.43.